The molecule has 0 heterocycles. The van der Waals surface area contributed by atoms with E-state index >= 15 is 0 Å². The Kier molecular flexibility index (Phi) is 10.8. The minimum atomic E-state index is -1.47. The SMILES string of the molecule is CCCCCCCCCc1ccc(CNC2CCC(C(=O)O)(C(=O)OCc3ccccc3)C2)cc1. The minimum Gasteiger partial charge on any atom is -0.480 e. The minimum absolute atomic E-state index is 0.0252. The highest BCUT2D eigenvalue weighted by Crippen LogP contribution is 2.40. The normalized spacial score (nSPS) is 19.5. The van der Waals surface area contributed by atoms with Gasteiger partial charge in [0.25, 0.3) is 0 Å². The highest BCUT2D eigenvalue weighted by atomic mass is 16.5. The van der Waals surface area contributed by atoms with Gasteiger partial charge < -0.3 is 15.2 Å². The standard InChI is InChI=1S/C30H41NO4/c1-2-3-4-5-6-7-9-12-24-15-17-25(18-16-24)22-31-27-19-20-30(21-27,28(32)33)29(34)35-23-26-13-10-8-11-14-26/h8,10-11,13-18,27,31H,2-7,9,12,19-23H2,1H3,(H,32,33). The number of hydrogen-bond acceptors (Lipinski definition) is 4. The van der Waals surface area contributed by atoms with Crippen LogP contribution in [0.3, 0.4) is 0 Å². The molecular formula is C30H41NO4. The Morgan fingerprint density at radius 1 is 0.914 bits per heavy atom. The fourth-order valence-electron chi connectivity index (χ4n) is 4.92. The molecule has 2 N–H and O–H groups in total. The van der Waals surface area contributed by atoms with Crippen LogP contribution in [0, 0.1) is 5.41 Å². The maximum Gasteiger partial charge on any atom is 0.323 e. The zero-order valence-corrected chi connectivity index (χ0v) is 21.1. The van der Waals surface area contributed by atoms with E-state index in [4.69, 9.17) is 4.74 Å². The van der Waals surface area contributed by atoms with Crippen LogP contribution in [0.1, 0.15) is 87.8 Å². The molecule has 1 saturated carbocycles. The van der Waals surface area contributed by atoms with Gasteiger partial charge in [-0.2, -0.15) is 0 Å². The molecule has 0 spiro atoms. The predicted molar refractivity (Wildman–Crippen MR) is 139 cm³/mol. The molecule has 35 heavy (non-hydrogen) atoms. The molecule has 0 bridgehead atoms. The third-order valence-electron chi connectivity index (χ3n) is 7.21. The molecule has 1 aliphatic rings. The number of carboxylic acid groups (broad SMARTS) is 1. The maximum atomic E-state index is 12.8. The van der Waals surface area contributed by atoms with E-state index in [0.717, 1.165) is 12.0 Å². The highest BCUT2D eigenvalue weighted by Gasteiger charge is 2.53. The van der Waals surface area contributed by atoms with Crippen LogP contribution in [0.4, 0.5) is 0 Å². The molecule has 2 atom stereocenters. The molecule has 1 aliphatic carbocycles. The van der Waals surface area contributed by atoms with Crippen LogP contribution in [0.15, 0.2) is 54.6 Å². The lowest BCUT2D eigenvalue weighted by molar-refractivity contribution is -0.169. The molecule has 5 nitrogen and oxygen atoms in total. The van der Waals surface area contributed by atoms with Crippen molar-refractivity contribution in [2.24, 2.45) is 5.41 Å². The second-order valence-electron chi connectivity index (χ2n) is 9.96. The van der Waals surface area contributed by atoms with Gasteiger partial charge in [0, 0.05) is 12.6 Å². The van der Waals surface area contributed by atoms with Gasteiger partial charge in [-0.25, -0.2) is 0 Å². The Labute approximate surface area is 210 Å². The molecule has 1 fully saturated rings. The van der Waals surface area contributed by atoms with E-state index < -0.39 is 17.4 Å². The van der Waals surface area contributed by atoms with Crippen molar-refractivity contribution in [1.29, 1.82) is 0 Å². The van der Waals surface area contributed by atoms with E-state index in [1.165, 1.54) is 56.1 Å². The summed E-state index contributed by atoms with van der Waals surface area (Å²) in [5.74, 6) is -1.72. The average molecular weight is 480 g/mol. The Morgan fingerprint density at radius 2 is 1.57 bits per heavy atom. The molecule has 0 aromatic heterocycles. The summed E-state index contributed by atoms with van der Waals surface area (Å²) in [5, 5.41) is 13.3. The Morgan fingerprint density at radius 3 is 2.26 bits per heavy atom. The van der Waals surface area contributed by atoms with Crippen molar-refractivity contribution >= 4 is 11.9 Å². The van der Waals surface area contributed by atoms with Crippen molar-refractivity contribution in [3.8, 4) is 0 Å². The van der Waals surface area contributed by atoms with Crippen molar-refractivity contribution in [3.05, 3.63) is 71.3 Å². The van der Waals surface area contributed by atoms with E-state index in [1.54, 1.807) is 0 Å². The number of ether oxygens (including phenoxy) is 1. The van der Waals surface area contributed by atoms with Crippen LogP contribution in [0.5, 0.6) is 0 Å². The van der Waals surface area contributed by atoms with E-state index in [9.17, 15) is 14.7 Å². The predicted octanol–water partition coefficient (Wildman–Crippen LogP) is 6.44. The first kappa shape index (κ1) is 26.9. The second kappa shape index (κ2) is 14.0. The van der Waals surface area contributed by atoms with Crippen molar-refractivity contribution in [3.63, 3.8) is 0 Å². The van der Waals surface area contributed by atoms with E-state index in [-0.39, 0.29) is 19.1 Å². The monoisotopic (exact) mass is 479 g/mol. The van der Waals surface area contributed by atoms with Crippen molar-refractivity contribution < 1.29 is 19.4 Å². The summed E-state index contributed by atoms with van der Waals surface area (Å²) >= 11 is 0. The number of aryl methyl sites for hydroxylation is 1. The summed E-state index contributed by atoms with van der Waals surface area (Å²) in [6.45, 7) is 3.01. The van der Waals surface area contributed by atoms with Crippen LogP contribution in [0.2, 0.25) is 0 Å². The molecule has 5 heteroatoms. The quantitative estimate of drug-likeness (QED) is 0.175. The van der Waals surface area contributed by atoms with Crippen molar-refractivity contribution in [1.82, 2.24) is 5.32 Å². The largest absolute Gasteiger partial charge is 0.480 e. The number of hydrogen-bond donors (Lipinski definition) is 2. The number of nitrogens with one attached hydrogen (secondary N) is 1. The molecule has 2 unspecified atom stereocenters. The number of esters is 1. The van der Waals surface area contributed by atoms with Gasteiger partial charge in [0.2, 0.25) is 0 Å². The van der Waals surface area contributed by atoms with Gasteiger partial charge in [-0.1, -0.05) is 100 Å². The first-order chi connectivity index (χ1) is 17.0. The van der Waals surface area contributed by atoms with Crippen molar-refractivity contribution in [2.45, 2.75) is 96.7 Å². The lowest BCUT2D eigenvalue weighted by Gasteiger charge is -2.22. The van der Waals surface area contributed by atoms with E-state index in [0.29, 0.717) is 19.4 Å². The topological polar surface area (TPSA) is 75.6 Å². The summed E-state index contributed by atoms with van der Waals surface area (Å²) < 4.78 is 5.42. The van der Waals surface area contributed by atoms with Crippen LogP contribution in [-0.4, -0.2) is 23.1 Å². The fourth-order valence-corrected chi connectivity index (χ4v) is 4.92. The van der Waals surface area contributed by atoms with Crippen LogP contribution in [0.25, 0.3) is 0 Å². The molecule has 2 aromatic rings. The van der Waals surface area contributed by atoms with Crippen LogP contribution < -0.4 is 5.32 Å². The van der Waals surface area contributed by atoms with Gasteiger partial charge >= 0.3 is 11.9 Å². The number of aliphatic carboxylic acids is 1. The van der Waals surface area contributed by atoms with Gasteiger partial charge in [0.05, 0.1) is 0 Å². The molecule has 0 amide bonds. The Bertz CT molecular complexity index is 912. The maximum absolute atomic E-state index is 12.8. The fraction of sp³-hybridized carbons (Fsp3) is 0.533. The zero-order chi connectivity index (χ0) is 24.9. The summed E-state index contributed by atoms with van der Waals surface area (Å²) in [4.78, 5) is 24.9. The number of carbonyl (C=O) groups is 2. The second-order valence-corrected chi connectivity index (χ2v) is 9.96. The molecular weight excluding hydrogens is 438 g/mol. The number of carboxylic acids is 1. The summed E-state index contributed by atoms with van der Waals surface area (Å²) in [6, 6.07) is 18.0. The van der Waals surface area contributed by atoms with Gasteiger partial charge in [-0.3, -0.25) is 9.59 Å². The Hall–Kier alpha value is -2.66. The number of rotatable bonds is 15. The number of benzene rings is 2. The zero-order valence-electron chi connectivity index (χ0n) is 21.1. The van der Waals surface area contributed by atoms with Crippen LogP contribution in [-0.2, 0) is 33.9 Å². The molecule has 3 rings (SSSR count). The van der Waals surface area contributed by atoms with Crippen molar-refractivity contribution in [2.75, 3.05) is 0 Å². The third-order valence-corrected chi connectivity index (χ3v) is 7.21. The van der Waals surface area contributed by atoms with E-state index in [2.05, 4.69) is 36.5 Å². The lowest BCUT2D eigenvalue weighted by atomic mass is 9.86. The number of unbranched alkanes of at least 4 members (excludes halogenated alkanes) is 6. The smallest absolute Gasteiger partial charge is 0.323 e. The third kappa shape index (κ3) is 8.21. The Balaban J connectivity index is 1.41. The molecule has 0 aliphatic heterocycles. The summed E-state index contributed by atoms with van der Waals surface area (Å²) in [5.41, 5.74) is 1.93. The molecule has 190 valence electrons. The number of carbonyl (C=O) groups excluding carboxylic acids is 1. The van der Waals surface area contributed by atoms with E-state index in [1.807, 2.05) is 30.3 Å². The molecule has 2 aromatic carbocycles. The first-order valence-corrected chi connectivity index (χ1v) is 13.3. The van der Waals surface area contributed by atoms with Gasteiger partial charge in [0.15, 0.2) is 5.41 Å². The van der Waals surface area contributed by atoms with Gasteiger partial charge in [0.1, 0.15) is 6.61 Å². The summed E-state index contributed by atoms with van der Waals surface area (Å²) in [6.07, 6.45) is 11.6. The summed E-state index contributed by atoms with van der Waals surface area (Å²) in [7, 11) is 0. The van der Waals surface area contributed by atoms with Gasteiger partial charge in [-0.15, -0.1) is 0 Å². The highest BCUT2D eigenvalue weighted by molar-refractivity contribution is 5.99. The molecule has 0 radical (unpaired) electrons. The van der Waals surface area contributed by atoms with Gasteiger partial charge in [-0.05, 0) is 48.8 Å². The first-order valence-electron chi connectivity index (χ1n) is 13.3. The average Bonchev–Trinajstić information content (AvgIpc) is 3.33. The van der Waals surface area contributed by atoms with Crippen LogP contribution >= 0.6 is 0 Å². The molecule has 0 saturated heterocycles. The lowest BCUT2D eigenvalue weighted by Crippen LogP contribution is -2.40.